The Morgan fingerprint density at radius 2 is 1.39 bits per heavy atom. The zero-order chi connectivity index (χ0) is 19.5. The van der Waals surface area contributed by atoms with Crippen LogP contribution in [-0.2, 0) is 19.7 Å². The van der Waals surface area contributed by atoms with Crippen molar-refractivity contribution >= 4 is 27.6 Å². The summed E-state index contributed by atoms with van der Waals surface area (Å²) in [6.45, 7) is 0. The molecule has 1 heterocycles. The molecule has 144 valence electrons. The number of benzene rings is 2. The Balaban J connectivity index is 1.37. The maximum atomic E-state index is 12.9. The van der Waals surface area contributed by atoms with Crippen LogP contribution < -0.4 is 9.08 Å². The predicted molar refractivity (Wildman–Crippen MR) is 101 cm³/mol. The molecule has 0 aromatic heterocycles. The molecular weight excluding hydrogens is 378 g/mol. The van der Waals surface area contributed by atoms with Crippen molar-refractivity contribution in [2.24, 2.45) is 23.7 Å². The molecule has 0 N–H and O–H groups in total. The molecule has 2 bridgehead atoms. The second-order valence-corrected chi connectivity index (χ2v) is 9.29. The highest BCUT2D eigenvalue weighted by atomic mass is 32.2. The summed E-state index contributed by atoms with van der Waals surface area (Å²) in [5.41, 5.74) is 0.466. The van der Waals surface area contributed by atoms with Gasteiger partial charge in [-0.25, -0.2) is 0 Å². The first-order valence-corrected chi connectivity index (χ1v) is 10.8. The van der Waals surface area contributed by atoms with Crippen molar-refractivity contribution in [1.29, 1.82) is 0 Å². The van der Waals surface area contributed by atoms with Crippen LogP contribution in [0.5, 0.6) is 5.75 Å². The average molecular weight is 397 g/mol. The fourth-order valence-electron chi connectivity index (χ4n) is 5.08. The summed E-state index contributed by atoms with van der Waals surface area (Å²) in [6.07, 6.45) is 3.05. The molecule has 5 rings (SSSR count). The summed E-state index contributed by atoms with van der Waals surface area (Å²) >= 11 is 0. The Bertz CT molecular complexity index is 1020. The molecule has 2 aliphatic carbocycles. The number of hydrogen-bond donors (Lipinski definition) is 0. The van der Waals surface area contributed by atoms with Crippen LogP contribution in [0.3, 0.4) is 0 Å². The second kappa shape index (κ2) is 6.17. The Morgan fingerprint density at radius 3 is 1.96 bits per heavy atom. The monoisotopic (exact) mass is 397 g/mol. The van der Waals surface area contributed by atoms with Crippen molar-refractivity contribution in [2.45, 2.75) is 24.2 Å². The molecule has 0 radical (unpaired) electrons. The smallest absolute Gasteiger partial charge is 0.339 e. The van der Waals surface area contributed by atoms with Crippen molar-refractivity contribution < 1.29 is 22.2 Å². The molecule has 7 heteroatoms. The number of imide groups is 1. The lowest BCUT2D eigenvalue weighted by Crippen LogP contribution is -2.32. The van der Waals surface area contributed by atoms with E-state index in [9.17, 15) is 18.0 Å². The number of carbonyl (C=O) groups excluding carboxylic acids is 2. The highest BCUT2D eigenvalue weighted by molar-refractivity contribution is 7.87. The zero-order valence-corrected chi connectivity index (χ0v) is 15.8. The molecule has 2 aromatic carbocycles. The quantitative estimate of drug-likeness (QED) is 0.585. The van der Waals surface area contributed by atoms with Gasteiger partial charge in [-0.3, -0.25) is 14.5 Å². The van der Waals surface area contributed by atoms with Gasteiger partial charge in [-0.2, -0.15) is 8.42 Å². The second-order valence-electron chi connectivity index (χ2n) is 7.74. The van der Waals surface area contributed by atoms with Crippen LogP contribution in [-0.4, -0.2) is 20.2 Å². The molecular formula is C21H19NO5S. The molecule has 0 unspecified atom stereocenters. The van der Waals surface area contributed by atoms with Crippen LogP contribution in [0.4, 0.5) is 5.69 Å². The van der Waals surface area contributed by atoms with E-state index in [2.05, 4.69) is 0 Å². The molecule has 3 fully saturated rings. The van der Waals surface area contributed by atoms with Gasteiger partial charge >= 0.3 is 10.1 Å². The third kappa shape index (κ3) is 2.57. The Morgan fingerprint density at radius 1 is 0.821 bits per heavy atom. The first-order valence-electron chi connectivity index (χ1n) is 9.43. The summed E-state index contributed by atoms with van der Waals surface area (Å²) in [4.78, 5) is 27.1. The largest absolute Gasteiger partial charge is 0.379 e. The van der Waals surface area contributed by atoms with Gasteiger partial charge in [0.25, 0.3) is 0 Å². The van der Waals surface area contributed by atoms with Gasteiger partial charge in [-0.05, 0) is 67.5 Å². The van der Waals surface area contributed by atoms with Crippen molar-refractivity contribution in [2.75, 3.05) is 4.90 Å². The highest BCUT2D eigenvalue weighted by Gasteiger charge is 2.61. The van der Waals surface area contributed by atoms with Gasteiger partial charge in [0.05, 0.1) is 17.5 Å². The summed E-state index contributed by atoms with van der Waals surface area (Å²) < 4.78 is 29.8. The minimum atomic E-state index is -3.93. The Kier molecular flexibility index (Phi) is 3.84. The van der Waals surface area contributed by atoms with Crippen LogP contribution in [0.15, 0.2) is 59.5 Å². The van der Waals surface area contributed by atoms with Crippen LogP contribution in [0.25, 0.3) is 0 Å². The molecule has 4 atom stereocenters. The third-order valence-corrected chi connectivity index (χ3v) is 7.52. The SMILES string of the molecule is O=C1[C@H]2[C@@H]3CC[C@@H](C3)[C@@H]2C(=O)N1c1ccc(OS(=O)(=O)c2ccccc2)cc1. The Labute approximate surface area is 163 Å². The topological polar surface area (TPSA) is 80.8 Å². The first-order chi connectivity index (χ1) is 13.5. The van der Waals surface area contributed by atoms with E-state index in [-0.39, 0.29) is 34.3 Å². The predicted octanol–water partition coefficient (Wildman–Crippen LogP) is 2.99. The summed E-state index contributed by atoms with van der Waals surface area (Å²) in [5, 5.41) is 0. The lowest BCUT2D eigenvalue weighted by atomic mass is 9.81. The van der Waals surface area contributed by atoms with Crippen LogP contribution in [0.2, 0.25) is 0 Å². The fraction of sp³-hybridized carbons (Fsp3) is 0.333. The molecule has 6 nitrogen and oxygen atoms in total. The van der Waals surface area contributed by atoms with Crippen LogP contribution in [0, 0.1) is 23.7 Å². The maximum absolute atomic E-state index is 12.9. The van der Waals surface area contributed by atoms with Gasteiger partial charge in [-0.15, -0.1) is 0 Å². The number of anilines is 1. The van der Waals surface area contributed by atoms with E-state index in [0.717, 1.165) is 19.3 Å². The van der Waals surface area contributed by atoms with E-state index in [1.54, 1.807) is 30.3 Å². The molecule has 1 saturated heterocycles. The average Bonchev–Trinajstić information content (AvgIpc) is 3.37. The number of rotatable bonds is 4. The molecule has 2 aromatic rings. The van der Waals surface area contributed by atoms with Gasteiger partial charge in [0.2, 0.25) is 11.8 Å². The Hall–Kier alpha value is -2.67. The van der Waals surface area contributed by atoms with Gasteiger partial charge in [0.15, 0.2) is 0 Å². The highest BCUT2D eigenvalue weighted by Crippen LogP contribution is 2.56. The van der Waals surface area contributed by atoms with E-state index in [0.29, 0.717) is 17.5 Å². The minimum absolute atomic E-state index is 0.0623. The number of fused-ring (bicyclic) bond motifs is 5. The van der Waals surface area contributed by atoms with E-state index in [1.807, 2.05) is 0 Å². The molecule has 28 heavy (non-hydrogen) atoms. The lowest BCUT2D eigenvalue weighted by Gasteiger charge is -2.19. The van der Waals surface area contributed by atoms with Gasteiger partial charge in [-0.1, -0.05) is 18.2 Å². The molecule has 2 saturated carbocycles. The van der Waals surface area contributed by atoms with Crippen LogP contribution in [0.1, 0.15) is 19.3 Å². The number of amides is 2. The van der Waals surface area contributed by atoms with Crippen LogP contribution >= 0.6 is 0 Å². The molecule has 1 aliphatic heterocycles. The summed E-state index contributed by atoms with van der Waals surface area (Å²) in [6, 6.07) is 13.9. The fourth-order valence-corrected chi connectivity index (χ4v) is 6.03. The lowest BCUT2D eigenvalue weighted by molar-refractivity contribution is -0.123. The van der Waals surface area contributed by atoms with Crippen molar-refractivity contribution in [3.8, 4) is 5.75 Å². The van der Waals surface area contributed by atoms with E-state index in [4.69, 9.17) is 4.18 Å². The minimum Gasteiger partial charge on any atom is -0.379 e. The van der Waals surface area contributed by atoms with Gasteiger partial charge in [0, 0.05) is 0 Å². The first kappa shape index (κ1) is 17.4. The third-order valence-electron chi connectivity index (χ3n) is 6.26. The summed E-state index contributed by atoms with van der Waals surface area (Å²) in [5.74, 6) is 0.193. The number of hydrogen-bond acceptors (Lipinski definition) is 5. The van der Waals surface area contributed by atoms with Gasteiger partial charge in [0.1, 0.15) is 10.6 Å². The normalized spacial score (nSPS) is 28.6. The summed E-state index contributed by atoms with van der Waals surface area (Å²) in [7, 11) is -3.93. The van der Waals surface area contributed by atoms with Gasteiger partial charge < -0.3 is 4.18 Å². The van der Waals surface area contributed by atoms with Crippen molar-refractivity contribution in [3.05, 3.63) is 54.6 Å². The molecule has 0 spiro atoms. The standard InChI is InChI=1S/C21H19NO5S/c23-20-18-13-6-7-14(12-13)19(18)21(24)22(20)15-8-10-16(11-9-15)27-28(25,26)17-4-2-1-3-5-17/h1-5,8-11,13-14,18-19H,6-7,12H2/t13-,14+,18-,19-/m0/s1. The molecule has 3 aliphatic rings. The van der Waals surface area contributed by atoms with E-state index in [1.165, 1.54) is 29.2 Å². The van der Waals surface area contributed by atoms with E-state index < -0.39 is 10.1 Å². The van der Waals surface area contributed by atoms with Crippen molar-refractivity contribution in [3.63, 3.8) is 0 Å². The zero-order valence-electron chi connectivity index (χ0n) is 15.0. The number of nitrogens with zero attached hydrogens (tertiary/aromatic N) is 1. The number of carbonyl (C=O) groups is 2. The molecule has 2 amide bonds. The van der Waals surface area contributed by atoms with Crippen molar-refractivity contribution in [1.82, 2.24) is 0 Å². The van der Waals surface area contributed by atoms with E-state index >= 15 is 0 Å². The maximum Gasteiger partial charge on any atom is 0.339 e.